The molecule has 1 amide bonds. The number of carbonyl (C=O) groups is 2. The van der Waals surface area contributed by atoms with Crippen LogP contribution in [0.2, 0.25) is 0 Å². The second kappa shape index (κ2) is 10.9. The molecule has 0 spiro atoms. The van der Waals surface area contributed by atoms with E-state index in [2.05, 4.69) is 4.90 Å². The van der Waals surface area contributed by atoms with Gasteiger partial charge >= 0.3 is 0 Å². The number of halogens is 1. The molecular formula is C26H29FN2O6. The number of nitrogens with zero attached hydrogens (tertiary/aromatic N) is 2. The zero-order chi connectivity index (χ0) is 24.9. The highest BCUT2D eigenvalue weighted by Gasteiger charge is 2.45. The van der Waals surface area contributed by atoms with Crippen LogP contribution in [0, 0.1) is 5.82 Å². The molecule has 35 heavy (non-hydrogen) atoms. The van der Waals surface area contributed by atoms with Crippen molar-refractivity contribution in [1.82, 2.24) is 9.80 Å². The predicted molar refractivity (Wildman–Crippen MR) is 127 cm³/mol. The third-order valence-corrected chi connectivity index (χ3v) is 6.36. The van der Waals surface area contributed by atoms with Crippen LogP contribution in [-0.2, 0) is 14.3 Å². The van der Waals surface area contributed by atoms with E-state index in [1.54, 1.807) is 18.2 Å². The number of Topliss-reactive ketones (excluding diaryl/α,β-unsaturated/α-hetero) is 1. The summed E-state index contributed by atoms with van der Waals surface area (Å²) >= 11 is 0. The van der Waals surface area contributed by atoms with Crippen molar-refractivity contribution in [2.24, 2.45) is 0 Å². The van der Waals surface area contributed by atoms with Gasteiger partial charge in [0.2, 0.25) is 0 Å². The molecule has 0 radical (unpaired) electrons. The lowest BCUT2D eigenvalue weighted by molar-refractivity contribution is -0.140. The van der Waals surface area contributed by atoms with Crippen molar-refractivity contribution in [1.29, 1.82) is 0 Å². The Bertz CT molecular complexity index is 1110. The first kappa shape index (κ1) is 24.7. The van der Waals surface area contributed by atoms with Crippen LogP contribution < -0.4 is 9.47 Å². The molecular weight excluding hydrogens is 455 g/mol. The molecule has 1 atom stereocenters. The van der Waals surface area contributed by atoms with Crippen molar-refractivity contribution in [3.05, 3.63) is 65.0 Å². The fourth-order valence-corrected chi connectivity index (χ4v) is 4.53. The van der Waals surface area contributed by atoms with Gasteiger partial charge in [0.25, 0.3) is 11.7 Å². The zero-order valence-corrected chi connectivity index (χ0v) is 19.8. The number of likely N-dealkylation sites (tertiary alicyclic amines) is 1. The van der Waals surface area contributed by atoms with E-state index >= 15 is 0 Å². The Morgan fingerprint density at radius 1 is 1.03 bits per heavy atom. The van der Waals surface area contributed by atoms with Crippen LogP contribution >= 0.6 is 0 Å². The minimum atomic E-state index is -0.839. The van der Waals surface area contributed by atoms with Crippen LogP contribution in [0.5, 0.6) is 11.5 Å². The van der Waals surface area contributed by atoms with E-state index in [0.717, 1.165) is 19.6 Å². The van der Waals surface area contributed by atoms with Gasteiger partial charge in [0.15, 0.2) is 11.5 Å². The first-order valence-electron chi connectivity index (χ1n) is 11.5. The van der Waals surface area contributed by atoms with Gasteiger partial charge in [0.1, 0.15) is 11.6 Å². The molecule has 0 aromatic heterocycles. The van der Waals surface area contributed by atoms with Gasteiger partial charge in [0.05, 0.1) is 39.0 Å². The number of aliphatic hydroxyl groups is 1. The molecule has 2 aromatic carbocycles. The van der Waals surface area contributed by atoms with Crippen LogP contribution in [-0.4, -0.2) is 80.2 Å². The summed E-state index contributed by atoms with van der Waals surface area (Å²) < 4.78 is 29.6. The van der Waals surface area contributed by atoms with Crippen molar-refractivity contribution in [3.8, 4) is 11.5 Å². The minimum absolute atomic E-state index is 0.0415. The Hall–Kier alpha value is -3.43. The predicted octanol–water partition coefficient (Wildman–Crippen LogP) is 2.99. The molecule has 2 fully saturated rings. The molecule has 186 valence electrons. The number of hydrogen-bond acceptors (Lipinski definition) is 7. The number of carbonyl (C=O) groups excluding carboxylic acids is 2. The Labute approximate surface area is 203 Å². The van der Waals surface area contributed by atoms with E-state index < -0.39 is 23.5 Å². The molecule has 2 aliphatic rings. The van der Waals surface area contributed by atoms with Crippen LogP contribution in [0.3, 0.4) is 0 Å². The third kappa shape index (κ3) is 5.16. The summed E-state index contributed by atoms with van der Waals surface area (Å²) in [4.78, 5) is 30.0. The molecule has 0 bridgehead atoms. The van der Waals surface area contributed by atoms with Crippen LogP contribution in [0.25, 0.3) is 5.76 Å². The smallest absolute Gasteiger partial charge is 0.295 e. The maximum absolute atomic E-state index is 13.7. The van der Waals surface area contributed by atoms with E-state index in [1.165, 1.54) is 43.4 Å². The molecule has 0 saturated carbocycles. The fourth-order valence-electron chi connectivity index (χ4n) is 4.53. The molecule has 4 rings (SSSR count). The van der Waals surface area contributed by atoms with Gasteiger partial charge in [-0.25, -0.2) is 4.39 Å². The van der Waals surface area contributed by atoms with Gasteiger partial charge in [0, 0.05) is 31.7 Å². The molecule has 2 aliphatic heterocycles. The van der Waals surface area contributed by atoms with Crippen molar-refractivity contribution < 1.29 is 33.3 Å². The summed E-state index contributed by atoms with van der Waals surface area (Å²) in [7, 11) is 2.96. The standard InChI is InChI=1S/C26H29FN2O6/c1-33-20-9-6-18(16-21(20)34-2)24(30)22-23(17-4-7-19(27)8-5-17)29(26(32)25(22)31)11-3-10-28-12-14-35-15-13-28/h4-9,16,23,30H,3,10-15H2,1-2H3/t23-/m1/s1. The van der Waals surface area contributed by atoms with E-state index in [-0.39, 0.29) is 11.3 Å². The molecule has 1 N–H and O–H groups in total. The first-order valence-corrected chi connectivity index (χ1v) is 11.5. The van der Waals surface area contributed by atoms with E-state index in [4.69, 9.17) is 14.2 Å². The quantitative estimate of drug-likeness (QED) is 0.350. The van der Waals surface area contributed by atoms with Gasteiger partial charge in [-0.05, 0) is 42.3 Å². The Morgan fingerprint density at radius 3 is 2.37 bits per heavy atom. The van der Waals surface area contributed by atoms with Gasteiger partial charge in [-0.3, -0.25) is 14.5 Å². The van der Waals surface area contributed by atoms with Crippen molar-refractivity contribution in [3.63, 3.8) is 0 Å². The summed E-state index contributed by atoms with van der Waals surface area (Å²) in [6, 6.07) is 9.52. The topological polar surface area (TPSA) is 88.5 Å². The normalized spacial score (nSPS) is 20.3. The van der Waals surface area contributed by atoms with Crippen molar-refractivity contribution in [2.75, 3.05) is 53.6 Å². The Balaban J connectivity index is 1.69. The Morgan fingerprint density at radius 2 is 1.71 bits per heavy atom. The molecule has 0 unspecified atom stereocenters. The largest absolute Gasteiger partial charge is 0.507 e. The zero-order valence-electron chi connectivity index (χ0n) is 19.8. The SMILES string of the molecule is COc1ccc(C(O)=C2C(=O)C(=O)N(CCCN3CCOCC3)[C@@H]2c2ccc(F)cc2)cc1OC. The highest BCUT2D eigenvalue weighted by Crippen LogP contribution is 2.40. The van der Waals surface area contributed by atoms with Gasteiger partial charge in [-0.2, -0.15) is 0 Å². The van der Waals surface area contributed by atoms with Gasteiger partial charge in [-0.15, -0.1) is 0 Å². The average Bonchev–Trinajstić information content (AvgIpc) is 3.14. The summed E-state index contributed by atoms with van der Waals surface area (Å²) in [5, 5.41) is 11.2. The first-order chi connectivity index (χ1) is 16.9. The van der Waals surface area contributed by atoms with E-state index in [1.807, 2.05) is 0 Å². The fraction of sp³-hybridized carbons (Fsp3) is 0.385. The lowest BCUT2D eigenvalue weighted by Gasteiger charge is -2.29. The average molecular weight is 485 g/mol. The highest BCUT2D eigenvalue weighted by atomic mass is 19.1. The third-order valence-electron chi connectivity index (χ3n) is 6.36. The van der Waals surface area contributed by atoms with Crippen LogP contribution in [0.1, 0.15) is 23.6 Å². The van der Waals surface area contributed by atoms with Crippen molar-refractivity contribution >= 4 is 17.4 Å². The summed E-state index contributed by atoms with van der Waals surface area (Å²) in [5.74, 6) is -1.40. The number of rotatable bonds is 8. The van der Waals surface area contributed by atoms with E-state index in [9.17, 15) is 19.1 Å². The number of morpholine rings is 1. The Kier molecular flexibility index (Phi) is 7.67. The van der Waals surface area contributed by atoms with Crippen LogP contribution in [0.4, 0.5) is 4.39 Å². The number of ketones is 1. The second-order valence-corrected chi connectivity index (χ2v) is 8.42. The maximum Gasteiger partial charge on any atom is 0.295 e. The molecule has 2 saturated heterocycles. The maximum atomic E-state index is 13.7. The summed E-state index contributed by atoms with van der Waals surface area (Å²) in [6.45, 7) is 4.04. The van der Waals surface area contributed by atoms with Gasteiger partial charge < -0.3 is 24.2 Å². The number of methoxy groups -OCH3 is 2. The number of hydrogen-bond donors (Lipinski definition) is 1. The van der Waals surface area contributed by atoms with Gasteiger partial charge in [-0.1, -0.05) is 12.1 Å². The summed E-state index contributed by atoms with van der Waals surface area (Å²) in [6.07, 6.45) is 0.640. The molecule has 8 nitrogen and oxygen atoms in total. The number of ether oxygens (including phenoxy) is 3. The lowest BCUT2D eigenvalue weighted by Crippen LogP contribution is -2.38. The van der Waals surface area contributed by atoms with Crippen molar-refractivity contribution in [2.45, 2.75) is 12.5 Å². The van der Waals surface area contributed by atoms with E-state index in [0.29, 0.717) is 48.8 Å². The highest BCUT2D eigenvalue weighted by molar-refractivity contribution is 6.46. The number of aliphatic hydroxyl groups excluding tert-OH is 1. The molecule has 0 aliphatic carbocycles. The summed E-state index contributed by atoms with van der Waals surface area (Å²) in [5.41, 5.74) is 0.806. The second-order valence-electron chi connectivity index (χ2n) is 8.42. The molecule has 9 heteroatoms. The number of benzene rings is 2. The van der Waals surface area contributed by atoms with Crippen LogP contribution in [0.15, 0.2) is 48.0 Å². The molecule has 2 aromatic rings. The lowest BCUT2D eigenvalue weighted by atomic mass is 9.95. The number of amides is 1. The molecule has 2 heterocycles. The monoisotopic (exact) mass is 484 g/mol. The minimum Gasteiger partial charge on any atom is -0.507 e.